The third kappa shape index (κ3) is 3.19. The molecule has 1 aliphatic heterocycles. The molecular weight excluding hydrogens is 266 g/mol. The molecule has 2 unspecified atom stereocenters. The van der Waals surface area contributed by atoms with E-state index in [0.29, 0.717) is 19.1 Å². The number of ether oxygens (including phenoxy) is 1. The zero-order chi connectivity index (χ0) is 14.7. The molecule has 5 heteroatoms. The van der Waals surface area contributed by atoms with Crippen molar-refractivity contribution in [2.45, 2.75) is 31.3 Å². The van der Waals surface area contributed by atoms with Crippen molar-refractivity contribution < 1.29 is 9.94 Å². The molecule has 0 radical (unpaired) electrons. The number of hydrogen-bond acceptors (Lipinski definition) is 4. The van der Waals surface area contributed by atoms with Crippen molar-refractivity contribution in [3.05, 3.63) is 35.4 Å². The quantitative estimate of drug-likeness (QED) is 0.383. The van der Waals surface area contributed by atoms with Crippen molar-refractivity contribution >= 4 is 5.84 Å². The zero-order valence-electron chi connectivity index (χ0n) is 12.2. The average molecular weight is 289 g/mol. The lowest BCUT2D eigenvalue weighted by Gasteiger charge is -2.36. The lowest BCUT2D eigenvalue weighted by molar-refractivity contribution is 0.00188. The normalized spacial score (nSPS) is 27.3. The first-order valence-corrected chi connectivity index (χ1v) is 7.67. The standard InChI is InChI=1S/C16H23N3O2/c17-16(18-20)15-11-19(8-9-21-15)10-13-6-3-5-12-4-1-2-7-14(12)13/h1-2,4,7,13,15,20H,3,5-6,8-11H2,(H2,17,18). The molecule has 21 heavy (non-hydrogen) atoms. The Morgan fingerprint density at radius 3 is 3.14 bits per heavy atom. The molecule has 3 rings (SSSR count). The lowest BCUT2D eigenvalue weighted by atomic mass is 9.82. The van der Waals surface area contributed by atoms with Gasteiger partial charge in [-0.25, -0.2) is 0 Å². The van der Waals surface area contributed by atoms with Gasteiger partial charge in [0.25, 0.3) is 0 Å². The number of oxime groups is 1. The van der Waals surface area contributed by atoms with E-state index < -0.39 is 0 Å². The van der Waals surface area contributed by atoms with Crippen LogP contribution in [-0.4, -0.2) is 48.3 Å². The number of hydrogen-bond donors (Lipinski definition) is 2. The van der Waals surface area contributed by atoms with Crippen LogP contribution in [0.25, 0.3) is 0 Å². The topological polar surface area (TPSA) is 71.1 Å². The summed E-state index contributed by atoms with van der Waals surface area (Å²) in [6.07, 6.45) is 3.41. The Morgan fingerprint density at radius 2 is 2.29 bits per heavy atom. The van der Waals surface area contributed by atoms with Crippen LogP contribution in [0.2, 0.25) is 0 Å². The monoisotopic (exact) mass is 289 g/mol. The first-order valence-electron chi connectivity index (χ1n) is 7.67. The summed E-state index contributed by atoms with van der Waals surface area (Å²) in [5, 5.41) is 11.9. The van der Waals surface area contributed by atoms with Gasteiger partial charge in [-0.05, 0) is 36.3 Å². The van der Waals surface area contributed by atoms with E-state index in [9.17, 15) is 0 Å². The van der Waals surface area contributed by atoms with E-state index in [1.807, 2.05) is 0 Å². The highest BCUT2D eigenvalue weighted by Gasteiger charge is 2.27. The summed E-state index contributed by atoms with van der Waals surface area (Å²) in [6, 6.07) is 8.78. The van der Waals surface area contributed by atoms with Crippen molar-refractivity contribution in [3.8, 4) is 0 Å². The van der Waals surface area contributed by atoms with Crippen molar-refractivity contribution in [3.63, 3.8) is 0 Å². The first kappa shape index (κ1) is 14.4. The van der Waals surface area contributed by atoms with Crippen molar-refractivity contribution in [1.82, 2.24) is 4.90 Å². The second-order valence-electron chi connectivity index (χ2n) is 5.93. The Labute approximate surface area is 125 Å². The van der Waals surface area contributed by atoms with Crippen molar-refractivity contribution in [2.75, 3.05) is 26.2 Å². The molecule has 1 fully saturated rings. The summed E-state index contributed by atoms with van der Waals surface area (Å²) < 4.78 is 5.56. The summed E-state index contributed by atoms with van der Waals surface area (Å²) in [7, 11) is 0. The smallest absolute Gasteiger partial charge is 0.169 e. The van der Waals surface area contributed by atoms with E-state index in [1.54, 1.807) is 0 Å². The number of morpholine rings is 1. The fourth-order valence-corrected chi connectivity index (χ4v) is 3.47. The summed E-state index contributed by atoms with van der Waals surface area (Å²) in [4.78, 5) is 2.37. The zero-order valence-corrected chi connectivity index (χ0v) is 12.2. The van der Waals surface area contributed by atoms with Crippen LogP contribution in [0.3, 0.4) is 0 Å². The Kier molecular flexibility index (Phi) is 4.41. The molecule has 0 spiro atoms. The first-order chi connectivity index (χ1) is 10.3. The summed E-state index contributed by atoms with van der Waals surface area (Å²) in [5.41, 5.74) is 8.66. The highest BCUT2D eigenvalue weighted by molar-refractivity contribution is 5.84. The molecule has 0 aromatic heterocycles. The number of nitrogens with zero attached hydrogens (tertiary/aromatic N) is 2. The van der Waals surface area contributed by atoms with Crippen LogP contribution >= 0.6 is 0 Å². The number of nitrogens with two attached hydrogens (primary N) is 1. The van der Waals surface area contributed by atoms with E-state index in [1.165, 1.54) is 30.4 Å². The molecule has 1 aromatic carbocycles. The van der Waals surface area contributed by atoms with Crippen molar-refractivity contribution in [2.24, 2.45) is 10.9 Å². The van der Waals surface area contributed by atoms with Gasteiger partial charge in [-0.2, -0.15) is 0 Å². The number of amidine groups is 1. The van der Waals surface area contributed by atoms with Gasteiger partial charge in [0.1, 0.15) is 6.10 Å². The summed E-state index contributed by atoms with van der Waals surface area (Å²) >= 11 is 0. The fourth-order valence-electron chi connectivity index (χ4n) is 3.47. The van der Waals surface area contributed by atoms with E-state index in [-0.39, 0.29) is 11.9 Å². The molecule has 3 N–H and O–H groups in total. The SMILES string of the molecule is NC(=NO)C1CN(CC2CCCc3ccccc32)CCO1. The van der Waals surface area contributed by atoms with E-state index in [2.05, 4.69) is 34.3 Å². The minimum Gasteiger partial charge on any atom is -0.409 e. The molecule has 1 saturated heterocycles. The van der Waals surface area contributed by atoms with Crippen LogP contribution in [0.15, 0.2) is 29.4 Å². The molecule has 0 bridgehead atoms. The van der Waals surface area contributed by atoms with E-state index in [0.717, 1.165) is 13.1 Å². The third-order valence-corrected chi connectivity index (χ3v) is 4.57. The van der Waals surface area contributed by atoms with Gasteiger partial charge in [0.2, 0.25) is 0 Å². The molecule has 114 valence electrons. The Morgan fingerprint density at radius 1 is 1.43 bits per heavy atom. The van der Waals surface area contributed by atoms with Gasteiger partial charge in [-0.3, -0.25) is 4.90 Å². The number of rotatable bonds is 3. The van der Waals surface area contributed by atoms with Crippen LogP contribution < -0.4 is 5.73 Å². The Balaban J connectivity index is 1.67. The van der Waals surface area contributed by atoms with E-state index in [4.69, 9.17) is 15.7 Å². The molecule has 2 atom stereocenters. The highest BCUT2D eigenvalue weighted by atomic mass is 16.5. The van der Waals surface area contributed by atoms with Gasteiger partial charge in [-0.1, -0.05) is 29.4 Å². The van der Waals surface area contributed by atoms with Crippen LogP contribution in [0.5, 0.6) is 0 Å². The molecule has 1 heterocycles. The summed E-state index contributed by atoms with van der Waals surface area (Å²) in [5.74, 6) is 0.754. The molecule has 0 saturated carbocycles. The van der Waals surface area contributed by atoms with Gasteiger partial charge in [-0.15, -0.1) is 0 Å². The molecule has 2 aliphatic rings. The lowest BCUT2D eigenvalue weighted by Crippen LogP contribution is -2.49. The minimum atomic E-state index is -0.289. The van der Waals surface area contributed by atoms with Gasteiger partial charge in [0, 0.05) is 19.6 Å². The highest BCUT2D eigenvalue weighted by Crippen LogP contribution is 2.32. The number of aryl methyl sites for hydroxylation is 1. The molecule has 5 nitrogen and oxygen atoms in total. The van der Waals surface area contributed by atoms with Crippen LogP contribution in [0.1, 0.15) is 29.9 Å². The summed E-state index contributed by atoms with van der Waals surface area (Å²) in [6.45, 7) is 3.27. The predicted molar refractivity (Wildman–Crippen MR) is 81.7 cm³/mol. The Hall–Kier alpha value is -1.59. The van der Waals surface area contributed by atoms with Crippen LogP contribution in [0, 0.1) is 0 Å². The fraction of sp³-hybridized carbons (Fsp3) is 0.562. The maximum Gasteiger partial charge on any atom is 0.169 e. The Bertz CT molecular complexity index is 518. The average Bonchev–Trinajstić information content (AvgIpc) is 2.55. The van der Waals surface area contributed by atoms with Crippen LogP contribution in [-0.2, 0) is 11.2 Å². The van der Waals surface area contributed by atoms with Crippen molar-refractivity contribution in [1.29, 1.82) is 0 Å². The molecular formula is C16H23N3O2. The third-order valence-electron chi connectivity index (χ3n) is 4.57. The van der Waals surface area contributed by atoms with Crippen LogP contribution in [0.4, 0.5) is 0 Å². The van der Waals surface area contributed by atoms with Gasteiger partial charge >= 0.3 is 0 Å². The molecule has 1 aromatic rings. The number of fused-ring (bicyclic) bond motifs is 1. The molecule has 1 aliphatic carbocycles. The van der Waals surface area contributed by atoms with E-state index >= 15 is 0 Å². The number of benzene rings is 1. The second kappa shape index (κ2) is 6.45. The minimum absolute atomic E-state index is 0.170. The van der Waals surface area contributed by atoms with Gasteiger partial charge in [0.05, 0.1) is 6.61 Å². The van der Waals surface area contributed by atoms with Gasteiger partial charge in [0.15, 0.2) is 5.84 Å². The largest absolute Gasteiger partial charge is 0.409 e. The molecule has 0 amide bonds. The maximum absolute atomic E-state index is 8.79. The predicted octanol–water partition coefficient (Wildman–Crippen LogP) is 1.55. The van der Waals surface area contributed by atoms with Gasteiger partial charge < -0.3 is 15.7 Å². The second-order valence-corrected chi connectivity index (χ2v) is 5.93. The maximum atomic E-state index is 8.79.